The second-order valence-electron chi connectivity index (χ2n) is 5.57. The van der Waals surface area contributed by atoms with Crippen molar-refractivity contribution in [3.8, 4) is 0 Å². The van der Waals surface area contributed by atoms with Crippen LogP contribution < -0.4 is 5.32 Å². The number of hydrogen-bond acceptors (Lipinski definition) is 3. The highest BCUT2D eigenvalue weighted by molar-refractivity contribution is 5.54. The fourth-order valence-electron chi connectivity index (χ4n) is 2.58. The van der Waals surface area contributed by atoms with Crippen LogP contribution >= 0.6 is 0 Å². The summed E-state index contributed by atoms with van der Waals surface area (Å²) in [6, 6.07) is 8.73. The Labute approximate surface area is 111 Å². The number of nitrogens with zero attached hydrogens (tertiary/aromatic N) is 2. The zero-order chi connectivity index (χ0) is 13.0. The van der Waals surface area contributed by atoms with Crippen molar-refractivity contribution in [1.29, 1.82) is 0 Å². The first-order chi connectivity index (χ1) is 8.66. The van der Waals surface area contributed by atoms with Crippen molar-refractivity contribution in [3.63, 3.8) is 0 Å². The van der Waals surface area contributed by atoms with E-state index in [1.54, 1.807) is 0 Å². The summed E-state index contributed by atoms with van der Waals surface area (Å²) in [5.41, 5.74) is 2.82. The Balaban J connectivity index is 1.94. The fraction of sp³-hybridized carbons (Fsp3) is 0.600. The van der Waals surface area contributed by atoms with Crippen LogP contribution in [0.1, 0.15) is 17.9 Å². The minimum absolute atomic E-state index is 0.676. The standard InChI is InChI=1S/C15H25N3/c1-17(2)10-11-18(3)12-13-8-9-16-15-7-5-4-6-14(13)15/h4-7,13,16H,8-12H2,1-3H3. The van der Waals surface area contributed by atoms with Crippen molar-refractivity contribution < 1.29 is 0 Å². The molecule has 100 valence electrons. The first kappa shape index (κ1) is 13.4. The molecule has 1 aromatic carbocycles. The Bertz CT molecular complexity index is 376. The summed E-state index contributed by atoms with van der Waals surface area (Å²) in [7, 11) is 6.50. The van der Waals surface area contributed by atoms with Crippen LogP contribution in [-0.4, -0.2) is 57.1 Å². The van der Waals surface area contributed by atoms with Gasteiger partial charge in [0.1, 0.15) is 0 Å². The molecule has 1 unspecified atom stereocenters. The molecule has 3 heteroatoms. The van der Waals surface area contributed by atoms with Crippen molar-refractivity contribution in [2.75, 3.05) is 52.6 Å². The Hall–Kier alpha value is -1.06. The van der Waals surface area contributed by atoms with E-state index in [1.165, 1.54) is 17.7 Å². The molecule has 2 rings (SSSR count). The van der Waals surface area contributed by atoms with Gasteiger partial charge >= 0.3 is 0 Å². The smallest absolute Gasteiger partial charge is 0.0376 e. The number of para-hydroxylation sites is 1. The minimum Gasteiger partial charge on any atom is -0.385 e. The average molecular weight is 247 g/mol. The van der Waals surface area contributed by atoms with Gasteiger partial charge in [-0.1, -0.05) is 18.2 Å². The van der Waals surface area contributed by atoms with Crippen LogP contribution in [0.2, 0.25) is 0 Å². The molecule has 1 aliphatic rings. The number of hydrogen-bond donors (Lipinski definition) is 1. The predicted molar refractivity (Wildman–Crippen MR) is 78.3 cm³/mol. The number of fused-ring (bicyclic) bond motifs is 1. The van der Waals surface area contributed by atoms with Gasteiger partial charge in [-0.3, -0.25) is 0 Å². The molecule has 1 aliphatic heterocycles. The Morgan fingerprint density at radius 3 is 2.72 bits per heavy atom. The number of benzene rings is 1. The molecule has 18 heavy (non-hydrogen) atoms. The monoisotopic (exact) mass is 247 g/mol. The minimum atomic E-state index is 0.676. The zero-order valence-corrected chi connectivity index (χ0v) is 11.8. The van der Waals surface area contributed by atoms with E-state index < -0.39 is 0 Å². The van der Waals surface area contributed by atoms with Crippen molar-refractivity contribution in [1.82, 2.24) is 9.80 Å². The molecule has 0 aromatic heterocycles. The zero-order valence-electron chi connectivity index (χ0n) is 11.8. The number of anilines is 1. The lowest BCUT2D eigenvalue weighted by Crippen LogP contribution is -2.33. The molecule has 0 saturated heterocycles. The van der Waals surface area contributed by atoms with Gasteiger partial charge in [0.15, 0.2) is 0 Å². The van der Waals surface area contributed by atoms with Gasteiger partial charge in [-0.05, 0) is 39.2 Å². The third-order valence-corrected chi connectivity index (χ3v) is 3.67. The highest BCUT2D eigenvalue weighted by Gasteiger charge is 2.20. The summed E-state index contributed by atoms with van der Waals surface area (Å²) < 4.78 is 0. The molecule has 3 nitrogen and oxygen atoms in total. The van der Waals surface area contributed by atoms with Crippen LogP contribution in [0.5, 0.6) is 0 Å². The molecule has 0 spiro atoms. The van der Waals surface area contributed by atoms with Gasteiger partial charge in [0.05, 0.1) is 0 Å². The van der Waals surface area contributed by atoms with Gasteiger partial charge < -0.3 is 15.1 Å². The van der Waals surface area contributed by atoms with Crippen LogP contribution in [0.25, 0.3) is 0 Å². The lowest BCUT2D eigenvalue weighted by atomic mass is 9.90. The molecule has 0 bridgehead atoms. The van der Waals surface area contributed by atoms with E-state index in [0.29, 0.717) is 5.92 Å². The number of rotatable bonds is 5. The summed E-state index contributed by atoms with van der Waals surface area (Å²) in [4.78, 5) is 4.69. The number of nitrogens with one attached hydrogen (secondary N) is 1. The van der Waals surface area contributed by atoms with Crippen LogP contribution in [0, 0.1) is 0 Å². The van der Waals surface area contributed by atoms with Crippen LogP contribution in [0.4, 0.5) is 5.69 Å². The summed E-state index contributed by atoms with van der Waals surface area (Å²) in [6.45, 7) is 4.53. The first-order valence-corrected chi connectivity index (χ1v) is 6.83. The van der Waals surface area contributed by atoms with Crippen LogP contribution in [0.3, 0.4) is 0 Å². The highest BCUT2D eigenvalue weighted by atomic mass is 15.1. The van der Waals surface area contributed by atoms with E-state index in [2.05, 4.69) is 60.5 Å². The second kappa shape index (κ2) is 6.21. The molecular formula is C15H25N3. The molecule has 0 aliphatic carbocycles. The van der Waals surface area contributed by atoms with E-state index in [9.17, 15) is 0 Å². The molecule has 1 aromatic rings. The van der Waals surface area contributed by atoms with E-state index in [0.717, 1.165) is 26.2 Å². The Morgan fingerprint density at radius 2 is 1.94 bits per heavy atom. The first-order valence-electron chi connectivity index (χ1n) is 6.83. The van der Waals surface area contributed by atoms with E-state index in [1.807, 2.05) is 0 Å². The lowest BCUT2D eigenvalue weighted by molar-refractivity contribution is 0.265. The van der Waals surface area contributed by atoms with Crippen molar-refractivity contribution in [3.05, 3.63) is 29.8 Å². The topological polar surface area (TPSA) is 18.5 Å². The number of likely N-dealkylation sites (N-methyl/N-ethyl adjacent to an activating group) is 2. The van der Waals surface area contributed by atoms with Gasteiger partial charge in [0.2, 0.25) is 0 Å². The molecule has 0 saturated carbocycles. The normalized spacial score (nSPS) is 18.8. The third kappa shape index (κ3) is 3.47. The Kier molecular flexibility index (Phi) is 4.61. The van der Waals surface area contributed by atoms with Gasteiger partial charge in [-0.2, -0.15) is 0 Å². The maximum atomic E-state index is 3.49. The van der Waals surface area contributed by atoms with Crippen molar-refractivity contribution in [2.45, 2.75) is 12.3 Å². The molecule has 1 atom stereocenters. The van der Waals surface area contributed by atoms with E-state index >= 15 is 0 Å². The van der Waals surface area contributed by atoms with Crippen molar-refractivity contribution >= 4 is 5.69 Å². The lowest BCUT2D eigenvalue weighted by Gasteiger charge is -2.30. The summed E-state index contributed by atoms with van der Waals surface area (Å²) >= 11 is 0. The van der Waals surface area contributed by atoms with Crippen LogP contribution in [0.15, 0.2) is 24.3 Å². The van der Waals surface area contributed by atoms with E-state index in [4.69, 9.17) is 0 Å². The Morgan fingerprint density at radius 1 is 1.17 bits per heavy atom. The quantitative estimate of drug-likeness (QED) is 0.859. The molecule has 1 heterocycles. The summed E-state index contributed by atoms with van der Waals surface area (Å²) in [6.07, 6.45) is 1.24. The fourth-order valence-corrected chi connectivity index (χ4v) is 2.58. The van der Waals surface area contributed by atoms with Gasteiger partial charge in [-0.25, -0.2) is 0 Å². The van der Waals surface area contributed by atoms with E-state index in [-0.39, 0.29) is 0 Å². The molecule has 0 amide bonds. The van der Waals surface area contributed by atoms with Gasteiger partial charge in [-0.15, -0.1) is 0 Å². The molecule has 0 radical (unpaired) electrons. The maximum absolute atomic E-state index is 3.49. The average Bonchev–Trinajstić information content (AvgIpc) is 2.37. The third-order valence-electron chi connectivity index (χ3n) is 3.67. The second-order valence-corrected chi connectivity index (χ2v) is 5.57. The summed E-state index contributed by atoms with van der Waals surface area (Å²) in [5, 5.41) is 3.49. The molecule has 1 N–H and O–H groups in total. The SMILES string of the molecule is CN(C)CCN(C)CC1CCNc2ccccc21. The summed E-state index contributed by atoms with van der Waals surface area (Å²) in [5.74, 6) is 0.676. The predicted octanol–water partition coefficient (Wildman–Crippen LogP) is 2.08. The van der Waals surface area contributed by atoms with Gasteiger partial charge in [0.25, 0.3) is 0 Å². The highest BCUT2D eigenvalue weighted by Crippen LogP contribution is 2.31. The maximum Gasteiger partial charge on any atom is 0.0376 e. The molecular weight excluding hydrogens is 222 g/mol. The largest absolute Gasteiger partial charge is 0.385 e. The molecule has 0 fully saturated rings. The van der Waals surface area contributed by atoms with Gasteiger partial charge in [0, 0.05) is 37.8 Å². The van der Waals surface area contributed by atoms with Crippen molar-refractivity contribution in [2.24, 2.45) is 0 Å². The van der Waals surface area contributed by atoms with Crippen LogP contribution in [-0.2, 0) is 0 Å².